The van der Waals surface area contributed by atoms with Gasteiger partial charge in [0.2, 0.25) is 11.8 Å². The smallest absolute Gasteiger partial charge is 0.220 e. The predicted molar refractivity (Wildman–Crippen MR) is 94.1 cm³/mol. The van der Waals surface area contributed by atoms with Crippen LogP contribution < -0.4 is 10.6 Å². The lowest BCUT2D eigenvalue weighted by Gasteiger charge is -2.08. The molecule has 7 heteroatoms. The second kappa shape index (κ2) is 14.6. The lowest BCUT2D eigenvalue weighted by Crippen LogP contribution is -2.28. The summed E-state index contributed by atoms with van der Waals surface area (Å²) in [6, 6.07) is 0. The number of carbonyl (C=O) groups is 3. The van der Waals surface area contributed by atoms with Crippen LogP contribution in [-0.2, 0) is 23.9 Å². The van der Waals surface area contributed by atoms with E-state index in [0.29, 0.717) is 84.5 Å². The Balaban J connectivity index is 2.30. The van der Waals surface area contributed by atoms with Gasteiger partial charge in [0.1, 0.15) is 0 Å². The number of carbonyl (C=O) groups excluding carboxylic acids is 3. The molecular formula is C18H30N2O5. The summed E-state index contributed by atoms with van der Waals surface area (Å²) in [4.78, 5) is 34.9. The molecule has 1 heterocycles. The van der Waals surface area contributed by atoms with Crippen molar-refractivity contribution in [2.45, 2.75) is 44.9 Å². The highest BCUT2D eigenvalue weighted by molar-refractivity contribution is 5.89. The van der Waals surface area contributed by atoms with Gasteiger partial charge in [0, 0.05) is 32.4 Å². The number of ether oxygens (including phenoxy) is 2. The molecule has 2 N–H and O–H groups in total. The van der Waals surface area contributed by atoms with Crippen LogP contribution in [0.1, 0.15) is 44.9 Å². The Kier molecular flexibility index (Phi) is 12.4. The molecule has 25 heavy (non-hydrogen) atoms. The molecule has 0 aromatic carbocycles. The molecule has 7 nitrogen and oxygen atoms in total. The van der Waals surface area contributed by atoms with Crippen LogP contribution in [0.2, 0.25) is 0 Å². The maximum atomic E-state index is 11.7. The van der Waals surface area contributed by atoms with Gasteiger partial charge in [0.25, 0.3) is 0 Å². The number of hydrogen-bond donors (Lipinski definition) is 2. The summed E-state index contributed by atoms with van der Waals surface area (Å²) in [5, 5.41) is 5.58. The summed E-state index contributed by atoms with van der Waals surface area (Å²) in [5.74, 6) is 0.0516. The summed E-state index contributed by atoms with van der Waals surface area (Å²) in [5.41, 5.74) is 0. The molecule has 0 aliphatic carbocycles. The van der Waals surface area contributed by atoms with Gasteiger partial charge in [-0.05, 0) is 31.8 Å². The molecular weight excluding hydrogens is 324 g/mol. The minimum Gasteiger partial charge on any atom is -0.377 e. The van der Waals surface area contributed by atoms with Gasteiger partial charge in [-0.2, -0.15) is 0 Å². The van der Waals surface area contributed by atoms with Gasteiger partial charge >= 0.3 is 0 Å². The molecule has 0 fully saturated rings. The van der Waals surface area contributed by atoms with Gasteiger partial charge < -0.3 is 20.1 Å². The summed E-state index contributed by atoms with van der Waals surface area (Å²) in [6.07, 6.45) is 7.53. The van der Waals surface area contributed by atoms with Crippen molar-refractivity contribution in [2.24, 2.45) is 0 Å². The minimum atomic E-state index is -0.0132. The van der Waals surface area contributed by atoms with E-state index in [1.54, 1.807) is 6.08 Å². The molecule has 0 atom stereocenters. The zero-order valence-electron chi connectivity index (χ0n) is 14.9. The third kappa shape index (κ3) is 13.3. The second-order valence-corrected chi connectivity index (χ2v) is 5.89. The fourth-order valence-corrected chi connectivity index (χ4v) is 2.29. The van der Waals surface area contributed by atoms with E-state index in [1.165, 1.54) is 0 Å². The first-order valence-corrected chi connectivity index (χ1v) is 9.07. The maximum absolute atomic E-state index is 11.7. The Hall–Kier alpha value is -1.73. The normalized spacial score (nSPS) is 22.8. The fraction of sp³-hybridized carbons (Fsp3) is 0.722. The Bertz CT molecular complexity index is 437. The molecule has 0 unspecified atom stereocenters. The number of ketones is 1. The van der Waals surface area contributed by atoms with Crippen molar-refractivity contribution in [3.8, 4) is 0 Å². The molecule has 0 saturated heterocycles. The van der Waals surface area contributed by atoms with Crippen LogP contribution in [-0.4, -0.2) is 57.1 Å². The summed E-state index contributed by atoms with van der Waals surface area (Å²) in [6.45, 7) is 2.75. The van der Waals surface area contributed by atoms with E-state index in [4.69, 9.17) is 9.47 Å². The molecule has 1 rings (SSSR count). The highest BCUT2D eigenvalue weighted by Gasteiger charge is 2.03. The number of nitrogens with one attached hydrogen (secondary N) is 2. The molecule has 0 spiro atoms. The van der Waals surface area contributed by atoms with Crippen LogP contribution in [0.15, 0.2) is 12.2 Å². The number of allylic oxidation sites excluding steroid dienone is 2. The molecule has 2 amide bonds. The Morgan fingerprint density at radius 3 is 1.92 bits per heavy atom. The van der Waals surface area contributed by atoms with Crippen molar-refractivity contribution >= 4 is 17.6 Å². The first-order valence-electron chi connectivity index (χ1n) is 9.07. The van der Waals surface area contributed by atoms with E-state index < -0.39 is 0 Å². The van der Waals surface area contributed by atoms with E-state index in [2.05, 4.69) is 10.6 Å². The van der Waals surface area contributed by atoms with E-state index in [-0.39, 0.29) is 17.6 Å². The Labute approximate surface area is 149 Å². The zero-order valence-corrected chi connectivity index (χ0v) is 14.9. The van der Waals surface area contributed by atoms with Crippen LogP contribution in [0.25, 0.3) is 0 Å². The Morgan fingerprint density at radius 2 is 1.28 bits per heavy atom. The molecule has 0 radical (unpaired) electrons. The van der Waals surface area contributed by atoms with Gasteiger partial charge in [0.15, 0.2) is 5.78 Å². The predicted octanol–water partition coefficient (Wildman–Crippen LogP) is 1.12. The standard InChI is InChI=1S/C18H30N2O5/c21-16-6-2-1-3-8-17(22)19-10-12-24-14-15-25-13-11-20-18(23)9-5-4-7-16/h2,6H,1,3-5,7-15H2,(H,19,22)(H,20,23)/b6-2+. The molecule has 0 bridgehead atoms. The summed E-state index contributed by atoms with van der Waals surface area (Å²) in [7, 11) is 0. The van der Waals surface area contributed by atoms with Gasteiger partial charge in [-0.15, -0.1) is 0 Å². The molecule has 0 saturated carbocycles. The SMILES string of the molecule is O=C1/C=C/CCCC(=O)NCCOCCOCCNC(=O)CCCC1. The highest BCUT2D eigenvalue weighted by Crippen LogP contribution is 2.03. The third-order valence-electron chi connectivity index (χ3n) is 3.66. The first-order chi connectivity index (χ1) is 12.2. The average molecular weight is 354 g/mol. The van der Waals surface area contributed by atoms with Crippen LogP contribution in [0, 0.1) is 0 Å². The van der Waals surface area contributed by atoms with Crippen LogP contribution in [0.5, 0.6) is 0 Å². The zero-order chi connectivity index (χ0) is 18.2. The fourth-order valence-electron chi connectivity index (χ4n) is 2.29. The van der Waals surface area contributed by atoms with Crippen molar-refractivity contribution < 1.29 is 23.9 Å². The quantitative estimate of drug-likeness (QED) is 0.680. The number of rotatable bonds is 0. The van der Waals surface area contributed by atoms with E-state index in [1.807, 2.05) is 6.08 Å². The van der Waals surface area contributed by atoms with Gasteiger partial charge in [0.05, 0.1) is 26.4 Å². The topological polar surface area (TPSA) is 93.7 Å². The molecule has 0 aromatic heterocycles. The molecule has 1 aliphatic heterocycles. The largest absolute Gasteiger partial charge is 0.377 e. The third-order valence-corrected chi connectivity index (χ3v) is 3.66. The van der Waals surface area contributed by atoms with Crippen LogP contribution >= 0.6 is 0 Å². The lowest BCUT2D eigenvalue weighted by molar-refractivity contribution is -0.122. The summed E-state index contributed by atoms with van der Waals surface area (Å²) < 4.78 is 10.7. The van der Waals surface area contributed by atoms with Crippen LogP contribution in [0.4, 0.5) is 0 Å². The van der Waals surface area contributed by atoms with Gasteiger partial charge in [-0.3, -0.25) is 14.4 Å². The first kappa shape index (κ1) is 21.3. The van der Waals surface area contributed by atoms with Crippen molar-refractivity contribution in [2.75, 3.05) is 39.5 Å². The monoisotopic (exact) mass is 354 g/mol. The van der Waals surface area contributed by atoms with Crippen molar-refractivity contribution in [1.29, 1.82) is 0 Å². The lowest BCUT2D eigenvalue weighted by atomic mass is 10.1. The van der Waals surface area contributed by atoms with E-state index in [0.717, 1.165) is 0 Å². The number of hydrogen-bond acceptors (Lipinski definition) is 5. The molecule has 1 aliphatic rings. The van der Waals surface area contributed by atoms with E-state index >= 15 is 0 Å². The van der Waals surface area contributed by atoms with Crippen molar-refractivity contribution in [1.82, 2.24) is 10.6 Å². The van der Waals surface area contributed by atoms with E-state index in [9.17, 15) is 14.4 Å². The van der Waals surface area contributed by atoms with Crippen LogP contribution in [0.3, 0.4) is 0 Å². The van der Waals surface area contributed by atoms with Crippen molar-refractivity contribution in [3.63, 3.8) is 0 Å². The highest BCUT2D eigenvalue weighted by atomic mass is 16.5. The summed E-state index contributed by atoms with van der Waals surface area (Å²) >= 11 is 0. The van der Waals surface area contributed by atoms with Gasteiger partial charge in [-0.1, -0.05) is 6.08 Å². The molecule has 0 aromatic rings. The second-order valence-electron chi connectivity index (χ2n) is 5.89. The maximum Gasteiger partial charge on any atom is 0.220 e. The minimum absolute atomic E-state index is 0.00235. The average Bonchev–Trinajstić information content (AvgIpc) is 2.59. The van der Waals surface area contributed by atoms with Crippen molar-refractivity contribution in [3.05, 3.63) is 12.2 Å². The molecule has 142 valence electrons. The number of amides is 2. The Morgan fingerprint density at radius 1 is 0.720 bits per heavy atom. The van der Waals surface area contributed by atoms with Gasteiger partial charge in [-0.25, -0.2) is 0 Å².